The largest absolute Gasteiger partial charge is 0.507 e. The van der Waals surface area contributed by atoms with Crippen LogP contribution in [-0.4, -0.2) is 10.1 Å². The van der Waals surface area contributed by atoms with Gasteiger partial charge in [0.25, 0.3) is 0 Å². The normalized spacial score (nSPS) is 14.7. The van der Waals surface area contributed by atoms with Gasteiger partial charge in [-0.05, 0) is 30.5 Å². The summed E-state index contributed by atoms with van der Waals surface area (Å²) in [5, 5.41) is 9.51. The Kier molecular flexibility index (Phi) is 1.39. The third-order valence-corrected chi connectivity index (χ3v) is 1.79. The third kappa shape index (κ3) is 1.24. The fourth-order valence-corrected chi connectivity index (χ4v) is 1.01. The number of aromatic nitrogens is 1. The molecule has 1 aliphatic carbocycles. The van der Waals surface area contributed by atoms with E-state index in [1.54, 1.807) is 12.4 Å². The smallest absolute Gasteiger partial charge is 0.122 e. The average molecular weight is 147 g/mol. The molecular formula is C9H9NO. The summed E-state index contributed by atoms with van der Waals surface area (Å²) in [5.41, 5.74) is 2.05. The first-order valence-corrected chi connectivity index (χ1v) is 3.69. The Morgan fingerprint density at radius 1 is 1.27 bits per heavy atom. The van der Waals surface area contributed by atoms with E-state index in [9.17, 15) is 5.11 Å². The van der Waals surface area contributed by atoms with E-state index in [2.05, 4.69) is 4.98 Å². The number of aliphatic hydroxyl groups excluding tert-OH is 1. The van der Waals surface area contributed by atoms with Crippen molar-refractivity contribution in [2.24, 2.45) is 0 Å². The minimum absolute atomic E-state index is 0.451. The Hall–Kier alpha value is -1.31. The Labute approximate surface area is 65.2 Å². The predicted molar refractivity (Wildman–Crippen MR) is 43.0 cm³/mol. The van der Waals surface area contributed by atoms with E-state index >= 15 is 0 Å². The summed E-state index contributed by atoms with van der Waals surface area (Å²) < 4.78 is 0. The summed E-state index contributed by atoms with van der Waals surface area (Å²) >= 11 is 0. The van der Waals surface area contributed by atoms with E-state index in [0.29, 0.717) is 5.76 Å². The maximum Gasteiger partial charge on any atom is 0.122 e. The topological polar surface area (TPSA) is 33.1 Å². The van der Waals surface area contributed by atoms with Gasteiger partial charge in [0.15, 0.2) is 0 Å². The molecule has 56 valence electrons. The fraction of sp³-hybridized carbons (Fsp3) is 0.222. The van der Waals surface area contributed by atoms with E-state index in [4.69, 9.17) is 0 Å². The second-order valence-corrected chi connectivity index (χ2v) is 2.69. The van der Waals surface area contributed by atoms with Crippen LogP contribution in [0.15, 0.2) is 30.1 Å². The summed E-state index contributed by atoms with van der Waals surface area (Å²) in [7, 11) is 0. The van der Waals surface area contributed by atoms with Crippen LogP contribution in [0.1, 0.15) is 18.4 Å². The SMILES string of the molecule is OC(=C1CC1)c1ccncc1. The molecule has 0 spiro atoms. The van der Waals surface area contributed by atoms with Crippen molar-refractivity contribution in [3.05, 3.63) is 35.7 Å². The molecule has 11 heavy (non-hydrogen) atoms. The lowest BCUT2D eigenvalue weighted by Gasteiger charge is -1.96. The number of rotatable bonds is 1. The van der Waals surface area contributed by atoms with Gasteiger partial charge in [-0.25, -0.2) is 0 Å². The lowest BCUT2D eigenvalue weighted by Crippen LogP contribution is -1.81. The van der Waals surface area contributed by atoms with Crippen molar-refractivity contribution in [3.63, 3.8) is 0 Å². The van der Waals surface area contributed by atoms with E-state index in [1.807, 2.05) is 12.1 Å². The van der Waals surface area contributed by atoms with Gasteiger partial charge in [-0.2, -0.15) is 0 Å². The zero-order valence-corrected chi connectivity index (χ0v) is 6.12. The Bertz CT molecular complexity index is 284. The standard InChI is InChI=1S/C9H9NO/c11-9(7-1-2-7)8-3-5-10-6-4-8/h3-6,11H,1-2H2. The highest BCUT2D eigenvalue weighted by Crippen LogP contribution is 2.34. The van der Waals surface area contributed by atoms with Gasteiger partial charge >= 0.3 is 0 Å². The van der Waals surface area contributed by atoms with E-state index < -0.39 is 0 Å². The van der Waals surface area contributed by atoms with Crippen LogP contribution < -0.4 is 0 Å². The summed E-state index contributed by atoms with van der Waals surface area (Å²) in [6.07, 6.45) is 5.48. The number of nitrogens with zero attached hydrogens (tertiary/aromatic N) is 1. The van der Waals surface area contributed by atoms with Crippen molar-refractivity contribution in [3.8, 4) is 0 Å². The summed E-state index contributed by atoms with van der Waals surface area (Å²) in [4.78, 5) is 3.87. The Balaban J connectivity index is 2.37. The second-order valence-electron chi connectivity index (χ2n) is 2.69. The molecule has 0 amide bonds. The summed E-state index contributed by atoms with van der Waals surface area (Å²) in [6.45, 7) is 0. The van der Waals surface area contributed by atoms with E-state index in [-0.39, 0.29) is 0 Å². The lowest BCUT2D eigenvalue weighted by atomic mass is 10.2. The maximum atomic E-state index is 9.51. The first kappa shape index (κ1) is 6.40. The zero-order valence-electron chi connectivity index (χ0n) is 6.12. The minimum Gasteiger partial charge on any atom is -0.507 e. The highest BCUT2D eigenvalue weighted by atomic mass is 16.3. The van der Waals surface area contributed by atoms with Crippen molar-refractivity contribution in [1.82, 2.24) is 4.98 Å². The molecule has 1 heterocycles. The molecule has 0 radical (unpaired) electrons. The minimum atomic E-state index is 0.451. The fourth-order valence-electron chi connectivity index (χ4n) is 1.01. The molecule has 1 N–H and O–H groups in total. The van der Waals surface area contributed by atoms with Gasteiger partial charge in [-0.3, -0.25) is 4.98 Å². The number of pyridine rings is 1. The highest BCUT2D eigenvalue weighted by molar-refractivity contribution is 5.64. The van der Waals surface area contributed by atoms with Gasteiger partial charge in [-0.15, -0.1) is 0 Å². The molecule has 0 aromatic carbocycles. The Morgan fingerprint density at radius 3 is 2.45 bits per heavy atom. The molecular weight excluding hydrogens is 138 g/mol. The predicted octanol–water partition coefficient (Wildman–Crippen LogP) is 2.14. The zero-order chi connectivity index (χ0) is 7.68. The first-order valence-electron chi connectivity index (χ1n) is 3.69. The molecule has 0 atom stereocenters. The number of aliphatic hydroxyl groups is 1. The van der Waals surface area contributed by atoms with Crippen molar-refractivity contribution >= 4 is 5.76 Å². The third-order valence-electron chi connectivity index (χ3n) is 1.79. The van der Waals surface area contributed by atoms with E-state index in [1.165, 1.54) is 0 Å². The van der Waals surface area contributed by atoms with Gasteiger partial charge < -0.3 is 5.11 Å². The van der Waals surface area contributed by atoms with Gasteiger partial charge in [0, 0.05) is 18.0 Å². The molecule has 2 nitrogen and oxygen atoms in total. The first-order chi connectivity index (χ1) is 5.38. The quantitative estimate of drug-likeness (QED) is 0.617. The molecule has 0 aliphatic heterocycles. The van der Waals surface area contributed by atoms with Crippen LogP contribution in [0.5, 0.6) is 0 Å². The van der Waals surface area contributed by atoms with Crippen molar-refractivity contribution in [2.45, 2.75) is 12.8 Å². The molecule has 0 saturated heterocycles. The Morgan fingerprint density at radius 2 is 1.91 bits per heavy atom. The summed E-state index contributed by atoms with van der Waals surface area (Å²) in [6, 6.07) is 3.64. The number of hydrogen-bond acceptors (Lipinski definition) is 2. The molecule has 0 unspecified atom stereocenters. The molecule has 1 aromatic heterocycles. The second kappa shape index (κ2) is 2.38. The van der Waals surface area contributed by atoms with Crippen LogP contribution in [0.4, 0.5) is 0 Å². The molecule has 1 fully saturated rings. The van der Waals surface area contributed by atoms with Gasteiger partial charge in [0.1, 0.15) is 5.76 Å². The van der Waals surface area contributed by atoms with E-state index in [0.717, 1.165) is 24.0 Å². The van der Waals surface area contributed by atoms with Crippen LogP contribution in [0.25, 0.3) is 5.76 Å². The van der Waals surface area contributed by atoms with Crippen LogP contribution in [0.3, 0.4) is 0 Å². The molecule has 2 heteroatoms. The summed E-state index contributed by atoms with van der Waals surface area (Å²) in [5.74, 6) is 0.451. The van der Waals surface area contributed by atoms with Crippen molar-refractivity contribution in [1.29, 1.82) is 0 Å². The molecule has 2 rings (SSSR count). The maximum absolute atomic E-state index is 9.51. The molecule has 0 bridgehead atoms. The number of allylic oxidation sites excluding steroid dienone is 1. The van der Waals surface area contributed by atoms with Crippen LogP contribution in [-0.2, 0) is 0 Å². The van der Waals surface area contributed by atoms with Gasteiger partial charge in [0.2, 0.25) is 0 Å². The lowest BCUT2D eigenvalue weighted by molar-refractivity contribution is 0.509. The molecule has 1 aromatic rings. The van der Waals surface area contributed by atoms with Gasteiger partial charge in [0.05, 0.1) is 0 Å². The average Bonchev–Trinajstić information content (AvgIpc) is 2.87. The highest BCUT2D eigenvalue weighted by Gasteiger charge is 2.17. The van der Waals surface area contributed by atoms with Crippen LogP contribution >= 0.6 is 0 Å². The van der Waals surface area contributed by atoms with Gasteiger partial charge in [-0.1, -0.05) is 0 Å². The van der Waals surface area contributed by atoms with Crippen molar-refractivity contribution < 1.29 is 5.11 Å². The van der Waals surface area contributed by atoms with Crippen LogP contribution in [0, 0.1) is 0 Å². The molecule has 1 aliphatic rings. The number of hydrogen-bond donors (Lipinski definition) is 1. The molecule has 1 saturated carbocycles. The monoisotopic (exact) mass is 147 g/mol. The van der Waals surface area contributed by atoms with Crippen LogP contribution in [0.2, 0.25) is 0 Å². The van der Waals surface area contributed by atoms with Crippen molar-refractivity contribution in [2.75, 3.05) is 0 Å².